The smallest absolute Gasteiger partial charge is 0.264 e. The molecular weight excluding hydrogens is 390 g/mol. The quantitative estimate of drug-likeness (QED) is 0.807. The summed E-state index contributed by atoms with van der Waals surface area (Å²) in [5, 5.41) is 0.778. The number of hydrogen-bond donors (Lipinski definition) is 1. The first kappa shape index (κ1) is 19.9. The molecule has 1 atom stereocenters. The van der Waals surface area contributed by atoms with Crippen molar-refractivity contribution in [2.24, 2.45) is 5.73 Å². The topological polar surface area (TPSA) is 49.6 Å². The molecule has 6 heteroatoms. The Hall–Kier alpha value is -1.40. The predicted molar refractivity (Wildman–Crippen MR) is 117 cm³/mol. The van der Waals surface area contributed by atoms with Gasteiger partial charge in [-0.2, -0.15) is 0 Å². The molecule has 1 aromatic heterocycles. The third-order valence-corrected chi connectivity index (χ3v) is 7.64. The number of amides is 1. The molecule has 4 nitrogen and oxygen atoms in total. The van der Waals surface area contributed by atoms with Gasteiger partial charge in [0.1, 0.15) is 0 Å². The second kappa shape index (κ2) is 8.15. The van der Waals surface area contributed by atoms with Gasteiger partial charge in [0.15, 0.2) is 0 Å². The lowest BCUT2D eigenvalue weighted by atomic mass is 9.89. The first-order chi connectivity index (χ1) is 13.4. The summed E-state index contributed by atoms with van der Waals surface area (Å²) in [5.41, 5.74) is 9.33. The Morgan fingerprint density at radius 2 is 1.93 bits per heavy atom. The highest BCUT2D eigenvalue weighted by molar-refractivity contribution is 7.17. The molecule has 0 saturated carbocycles. The summed E-state index contributed by atoms with van der Waals surface area (Å²) in [6.07, 6.45) is 3.25. The van der Waals surface area contributed by atoms with E-state index in [9.17, 15) is 4.79 Å². The van der Waals surface area contributed by atoms with Crippen molar-refractivity contribution in [1.82, 2.24) is 9.80 Å². The SMILES string of the molecule is Cc1cc(-c2ccc(C3CCN(C)CC3)cc2Cl)sc1C(=O)N1CC[C@H](N)C1. The Kier molecular flexibility index (Phi) is 5.79. The highest BCUT2D eigenvalue weighted by Crippen LogP contribution is 2.39. The molecule has 150 valence electrons. The Balaban J connectivity index is 1.55. The molecule has 1 aromatic carbocycles. The number of halogens is 1. The van der Waals surface area contributed by atoms with Gasteiger partial charge in [-0.05, 0) is 75.5 Å². The number of hydrogen-bond acceptors (Lipinski definition) is 4. The molecule has 4 rings (SSSR count). The third kappa shape index (κ3) is 3.99. The molecule has 2 aliphatic rings. The van der Waals surface area contributed by atoms with Gasteiger partial charge in [-0.25, -0.2) is 0 Å². The highest BCUT2D eigenvalue weighted by Gasteiger charge is 2.27. The van der Waals surface area contributed by atoms with Gasteiger partial charge in [0.2, 0.25) is 0 Å². The standard InChI is InChI=1S/C22H28ClN3OS/c1-14-11-20(28-21(14)22(27)26-10-7-17(24)13-26)18-4-3-16(12-19(18)23)15-5-8-25(2)9-6-15/h3-4,11-12,15,17H,5-10,13,24H2,1-2H3/t17-/m0/s1. The fourth-order valence-corrected chi connectivity index (χ4v) is 5.80. The molecule has 0 aliphatic carbocycles. The van der Waals surface area contributed by atoms with E-state index in [-0.39, 0.29) is 11.9 Å². The van der Waals surface area contributed by atoms with E-state index < -0.39 is 0 Å². The molecule has 0 radical (unpaired) electrons. The van der Waals surface area contributed by atoms with Gasteiger partial charge in [0, 0.05) is 34.6 Å². The van der Waals surface area contributed by atoms with Crippen molar-refractivity contribution in [3.05, 3.63) is 45.3 Å². The van der Waals surface area contributed by atoms with Gasteiger partial charge in [-0.1, -0.05) is 23.7 Å². The van der Waals surface area contributed by atoms with Gasteiger partial charge in [0.25, 0.3) is 5.91 Å². The number of thiophene rings is 1. The van der Waals surface area contributed by atoms with E-state index in [1.54, 1.807) is 11.3 Å². The van der Waals surface area contributed by atoms with Crippen LogP contribution in [0.2, 0.25) is 5.02 Å². The maximum Gasteiger partial charge on any atom is 0.264 e. The molecule has 2 N–H and O–H groups in total. The maximum absolute atomic E-state index is 12.9. The van der Waals surface area contributed by atoms with E-state index in [0.717, 1.165) is 52.0 Å². The number of carbonyl (C=O) groups is 1. The second-order valence-electron chi connectivity index (χ2n) is 8.24. The summed E-state index contributed by atoms with van der Waals surface area (Å²) < 4.78 is 0. The summed E-state index contributed by atoms with van der Waals surface area (Å²) in [6, 6.07) is 8.66. The van der Waals surface area contributed by atoms with Crippen molar-refractivity contribution < 1.29 is 4.79 Å². The van der Waals surface area contributed by atoms with Crippen molar-refractivity contribution >= 4 is 28.8 Å². The molecular formula is C22H28ClN3OS. The summed E-state index contributed by atoms with van der Waals surface area (Å²) in [6.45, 7) is 5.68. The largest absolute Gasteiger partial charge is 0.336 e. The van der Waals surface area contributed by atoms with Crippen LogP contribution in [0.25, 0.3) is 10.4 Å². The van der Waals surface area contributed by atoms with Crippen molar-refractivity contribution in [3.8, 4) is 10.4 Å². The van der Waals surface area contributed by atoms with Crippen LogP contribution in [0.1, 0.15) is 46.0 Å². The van der Waals surface area contributed by atoms with Crippen molar-refractivity contribution in [2.75, 3.05) is 33.2 Å². The molecule has 2 aromatic rings. The van der Waals surface area contributed by atoms with Gasteiger partial charge in [-0.3, -0.25) is 4.79 Å². The van der Waals surface area contributed by atoms with Crippen LogP contribution in [0.5, 0.6) is 0 Å². The molecule has 0 bridgehead atoms. The van der Waals surface area contributed by atoms with E-state index >= 15 is 0 Å². The number of nitrogens with two attached hydrogens (primary N) is 1. The number of likely N-dealkylation sites (tertiary alicyclic amines) is 2. The van der Waals surface area contributed by atoms with Crippen LogP contribution in [0.3, 0.4) is 0 Å². The van der Waals surface area contributed by atoms with Crippen LogP contribution in [0.4, 0.5) is 0 Å². The van der Waals surface area contributed by atoms with Crippen LogP contribution < -0.4 is 5.73 Å². The monoisotopic (exact) mass is 417 g/mol. The number of nitrogens with zero attached hydrogens (tertiary/aromatic N) is 2. The zero-order valence-corrected chi connectivity index (χ0v) is 18.2. The lowest BCUT2D eigenvalue weighted by Crippen LogP contribution is -2.31. The Morgan fingerprint density at radius 3 is 2.57 bits per heavy atom. The van der Waals surface area contributed by atoms with Crippen LogP contribution in [-0.2, 0) is 0 Å². The number of aryl methyl sites for hydroxylation is 1. The minimum Gasteiger partial charge on any atom is -0.336 e. The molecule has 1 amide bonds. The van der Waals surface area contributed by atoms with E-state index in [1.165, 1.54) is 18.4 Å². The number of rotatable bonds is 3. The van der Waals surface area contributed by atoms with Gasteiger partial charge >= 0.3 is 0 Å². The Bertz CT molecular complexity index is 873. The molecule has 0 unspecified atom stereocenters. The summed E-state index contributed by atoms with van der Waals surface area (Å²) in [4.78, 5) is 19.0. The lowest BCUT2D eigenvalue weighted by Gasteiger charge is -2.29. The fourth-order valence-electron chi connectivity index (χ4n) is 4.27. The normalized spacial score (nSPS) is 21.4. The summed E-state index contributed by atoms with van der Waals surface area (Å²) >= 11 is 8.23. The van der Waals surface area contributed by atoms with Crippen LogP contribution in [0.15, 0.2) is 24.3 Å². The van der Waals surface area contributed by atoms with E-state index in [4.69, 9.17) is 17.3 Å². The van der Waals surface area contributed by atoms with Gasteiger partial charge in [-0.15, -0.1) is 11.3 Å². The molecule has 2 fully saturated rings. The van der Waals surface area contributed by atoms with Gasteiger partial charge < -0.3 is 15.5 Å². The maximum atomic E-state index is 12.9. The van der Waals surface area contributed by atoms with Crippen LogP contribution >= 0.6 is 22.9 Å². The molecule has 2 aliphatic heterocycles. The van der Waals surface area contributed by atoms with Crippen molar-refractivity contribution in [3.63, 3.8) is 0 Å². The fraction of sp³-hybridized carbons (Fsp3) is 0.500. The first-order valence-corrected chi connectivity index (χ1v) is 11.3. The minimum absolute atomic E-state index is 0.0979. The van der Waals surface area contributed by atoms with Crippen LogP contribution in [0, 0.1) is 6.92 Å². The first-order valence-electron chi connectivity index (χ1n) is 10.1. The lowest BCUT2D eigenvalue weighted by molar-refractivity contribution is 0.0795. The zero-order valence-electron chi connectivity index (χ0n) is 16.6. The summed E-state index contributed by atoms with van der Waals surface area (Å²) in [7, 11) is 2.18. The van der Waals surface area contributed by atoms with Crippen molar-refractivity contribution in [1.29, 1.82) is 0 Å². The average Bonchev–Trinajstić information content (AvgIpc) is 3.27. The van der Waals surface area contributed by atoms with Gasteiger partial charge in [0.05, 0.1) is 4.88 Å². The Morgan fingerprint density at radius 1 is 1.18 bits per heavy atom. The number of piperidine rings is 1. The average molecular weight is 418 g/mol. The van der Waals surface area contributed by atoms with Crippen molar-refractivity contribution in [2.45, 2.75) is 38.1 Å². The summed E-state index contributed by atoms with van der Waals surface area (Å²) in [5.74, 6) is 0.685. The molecule has 0 spiro atoms. The molecule has 3 heterocycles. The number of carbonyl (C=O) groups excluding carboxylic acids is 1. The molecule has 2 saturated heterocycles. The van der Waals surface area contributed by atoms with E-state index in [1.807, 2.05) is 11.8 Å². The minimum atomic E-state index is 0.0979. The molecule has 28 heavy (non-hydrogen) atoms. The van der Waals surface area contributed by atoms with E-state index in [0.29, 0.717) is 12.5 Å². The number of benzene rings is 1. The van der Waals surface area contributed by atoms with Crippen LogP contribution in [-0.4, -0.2) is 55.0 Å². The second-order valence-corrected chi connectivity index (χ2v) is 9.70. The Labute approximate surface area is 176 Å². The highest BCUT2D eigenvalue weighted by atomic mass is 35.5. The zero-order chi connectivity index (χ0) is 19.8. The predicted octanol–water partition coefficient (Wildman–Crippen LogP) is 4.36. The third-order valence-electron chi connectivity index (χ3n) is 6.07. The van der Waals surface area contributed by atoms with E-state index in [2.05, 4.69) is 36.2 Å².